The lowest BCUT2D eigenvalue weighted by atomic mass is 10.1. The van der Waals surface area contributed by atoms with Crippen LogP contribution in [0.2, 0.25) is 0 Å². The zero-order chi connectivity index (χ0) is 27.2. The summed E-state index contributed by atoms with van der Waals surface area (Å²) in [6, 6.07) is 20.0. The molecule has 0 spiro atoms. The molecule has 39 heavy (non-hydrogen) atoms. The van der Waals surface area contributed by atoms with Gasteiger partial charge in [0.1, 0.15) is 0 Å². The van der Waals surface area contributed by atoms with E-state index in [1.807, 2.05) is 41.1 Å². The Balaban J connectivity index is 1.47. The molecular weight excluding hydrogens is 512 g/mol. The van der Waals surface area contributed by atoms with Crippen LogP contribution in [-0.2, 0) is 26.1 Å². The first kappa shape index (κ1) is 26.6. The summed E-state index contributed by atoms with van der Waals surface area (Å²) in [5.74, 6) is 1.98. The van der Waals surface area contributed by atoms with Gasteiger partial charge in [-0.2, -0.15) is 0 Å². The van der Waals surface area contributed by atoms with Crippen LogP contribution in [0.15, 0.2) is 70.8 Å². The molecule has 0 bridgehead atoms. The Morgan fingerprint density at radius 3 is 2.54 bits per heavy atom. The predicted octanol–water partition coefficient (Wildman–Crippen LogP) is 4.99. The van der Waals surface area contributed by atoms with E-state index in [9.17, 15) is 4.79 Å². The first-order valence-corrected chi connectivity index (χ1v) is 13.8. The van der Waals surface area contributed by atoms with Crippen LogP contribution in [-0.4, -0.2) is 44.3 Å². The summed E-state index contributed by atoms with van der Waals surface area (Å²) >= 11 is 1.70. The molecule has 0 aliphatic carbocycles. The number of nitrogens with zero attached hydrogens (tertiary/aromatic N) is 5. The van der Waals surface area contributed by atoms with Gasteiger partial charge < -0.3 is 14.5 Å². The Labute approximate surface area is 231 Å². The van der Waals surface area contributed by atoms with Crippen LogP contribution in [0.3, 0.4) is 0 Å². The van der Waals surface area contributed by atoms with Crippen LogP contribution in [0.25, 0.3) is 10.9 Å². The molecular formula is C29H32N6O3S. The van der Waals surface area contributed by atoms with Crippen LogP contribution in [0.1, 0.15) is 41.2 Å². The van der Waals surface area contributed by atoms with E-state index in [-0.39, 0.29) is 11.6 Å². The number of aromatic amines is 1. The van der Waals surface area contributed by atoms with Gasteiger partial charge in [0.2, 0.25) is 0 Å². The number of methoxy groups -OCH3 is 2. The second-order valence-corrected chi connectivity index (χ2v) is 10.4. The highest BCUT2D eigenvalue weighted by Crippen LogP contribution is 2.32. The van der Waals surface area contributed by atoms with E-state index >= 15 is 0 Å². The topological polar surface area (TPSA) is 98.2 Å². The van der Waals surface area contributed by atoms with Gasteiger partial charge in [-0.1, -0.05) is 43.3 Å². The summed E-state index contributed by atoms with van der Waals surface area (Å²) in [7, 11) is 3.18. The summed E-state index contributed by atoms with van der Waals surface area (Å²) in [5, 5.41) is 15.7. The average molecular weight is 545 g/mol. The SMILES string of the molecule is CCC(c1nnnn1CCc1ccccc1)N(Cc1cccs1)Cc1cc2cc(OC)c(OC)cc2[nH]c1=O. The quantitative estimate of drug-likeness (QED) is 0.236. The number of pyridine rings is 1. The number of aromatic nitrogens is 5. The molecule has 0 amide bonds. The highest BCUT2D eigenvalue weighted by atomic mass is 32.1. The fourth-order valence-electron chi connectivity index (χ4n) is 4.89. The van der Waals surface area contributed by atoms with Crippen LogP contribution in [0.4, 0.5) is 0 Å². The number of ether oxygens (including phenoxy) is 2. The zero-order valence-corrected chi connectivity index (χ0v) is 23.1. The van der Waals surface area contributed by atoms with Gasteiger partial charge in [-0.15, -0.1) is 16.4 Å². The van der Waals surface area contributed by atoms with E-state index in [4.69, 9.17) is 9.47 Å². The molecule has 1 N–H and O–H groups in total. The number of rotatable bonds is 12. The Morgan fingerprint density at radius 2 is 1.82 bits per heavy atom. The van der Waals surface area contributed by atoms with Crippen molar-refractivity contribution in [1.29, 1.82) is 0 Å². The lowest BCUT2D eigenvalue weighted by Gasteiger charge is -2.30. The largest absolute Gasteiger partial charge is 0.493 e. The van der Waals surface area contributed by atoms with E-state index in [1.165, 1.54) is 10.4 Å². The smallest absolute Gasteiger partial charge is 0.252 e. The van der Waals surface area contributed by atoms with Crippen LogP contribution in [0.5, 0.6) is 11.5 Å². The number of nitrogens with one attached hydrogen (secondary N) is 1. The number of H-pyrrole nitrogens is 1. The predicted molar refractivity (Wildman–Crippen MR) is 152 cm³/mol. The zero-order valence-electron chi connectivity index (χ0n) is 22.3. The minimum absolute atomic E-state index is 0.0848. The third-order valence-corrected chi connectivity index (χ3v) is 7.74. The number of hydrogen-bond acceptors (Lipinski definition) is 8. The van der Waals surface area contributed by atoms with E-state index in [0.29, 0.717) is 42.2 Å². The van der Waals surface area contributed by atoms with Crippen molar-refractivity contribution in [3.05, 3.63) is 98.2 Å². The number of benzene rings is 2. The van der Waals surface area contributed by atoms with Gasteiger partial charge in [-0.3, -0.25) is 9.69 Å². The third kappa shape index (κ3) is 6.02. The number of fused-ring (bicyclic) bond motifs is 1. The van der Waals surface area contributed by atoms with E-state index in [2.05, 4.69) is 55.9 Å². The van der Waals surface area contributed by atoms with Gasteiger partial charge in [-0.05, 0) is 52.4 Å². The van der Waals surface area contributed by atoms with Crippen molar-refractivity contribution >= 4 is 22.2 Å². The molecule has 0 aliphatic heterocycles. The number of thiophene rings is 1. The van der Waals surface area contributed by atoms with Crippen molar-refractivity contribution in [2.45, 2.75) is 45.4 Å². The maximum Gasteiger partial charge on any atom is 0.252 e. The van der Waals surface area contributed by atoms with Crippen molar-refractivity contribution in [3.8, 4) is 11.5 Å². The van der Waals surface area contributed by atoms with E-state index in [1.54, 1.807) is 31.6 Å². The normalized spacial score (nSPS) is 12.2. The highest BCUT2D eigenvalue weighted by Gasteiger charge is 2.26. The third-order valence-electron chi connectivity index (χ3n) is 6.88. The van der Waals surface area contributed by atoms with Gasteiger partial charge in [0.05, 0.1) is 25.8 Å². The van der Waals surface area contributed by atoms with Crippen molar-refractivity contribution < 1.29 is 9.47 Å². The summed E-state index contributed by atoms with van der Waals surface area (Å²) in [5.41, 5.74) is 2.46. The summed E-state index contributed by atoms with van der Waals surface area (Å²) in [6.07, 6.45) is 1.61. The van der Waals surface area contributed by atoms with Gasteiger partial charge in [-0.25, -0.2) is 4.68 Å². The molecule has 2 aromatic carbocycles. The highest BCUT2D eigenvalue weighted by molar-refractivity contribution is 7.09. The monoisotopic (exact) mass is 544 g/mol. The molecule has 5 aromatic rings. The second-order valence-electron chi connectivity index (χ2n) is 9.32. The lowest BCUT2D eigenvalue weighted by Crippen LogP contribution is -2.32. The number of hydrogen-bond donors (Lipinski definition) is 1. The molecule has 3 heterocycles. The Morgan fingerprint density at radius 1 is 1.03 bits per heavy atom. The summed E-state index contributed by atoms with van der Waals surface area (Å²) in [4.78, 5) is 19.8. The molecule has 0 aliphatic rings. The van der Waals surface area contributed by atoms with E-state index in [0.717, 1.165) is 24.1 Å². The molecule has 9 nitrogen and oxygen atoms in total. The van der Waals surface area contributed by atoms with Crippen LogP contribution < -0.4 is 15.0 Å². The van der Waals surface area contributed by atoms with Gasteiger partial charge in [0, 0.05) is 41.5 Å². The van der Waals surface area contributed by atoms with Crippen molar-refractivity contribution in [1.82, 2.24) is 30.1 Å². The standard InChI is InChI=1S/C29H32N6O3S/c1-4-25(28-31-32-33-35(28)13-12-20-9-6-5-7-10-20)34(19-23-11-8-14-39-23)18-22-15-21-16-26(37-2)27(38-3)17-24(21)30-29(22)36/h5-11,14-17,25H,4,12-13,18-19H2,1-3H3,(H,30,36). The molecule has 0 saturated heterocycles. The minimum atomic E-state index is -0.135. The van der Waals surface area contributed by atoms with Crippen molar-refractivity contribution in [2.75, 3.05) is 14.2 Å². The lowest BCUT2D eigenvalue weighted by molar-refractivity contribution is 0.162. The number of tetrazole rings is 1. The Kier molecular flexibility index (Phi) is 8.33. The summed E-state index contributed by atoms with van der Waals surface area (Å²) < 4.78 is 12.8. The van der Waals surface area contributed by atoms with Gasteiger partial charge in [0.15, 0.2) is 17.3 Å². The summed E-state index contributed by atoms with van der Waals surface area (Å²) in [6.45, 7) is 3.91. The maximum atomic E-state index is 13.3. The first-order chi connectivity index (χ1) is 19.1. The molecule has 0 saturated carbocycles. The molecule has 202 valence electrons. The fourth-order valence-corrected chi connectivity index (χ4v) is 5.62. The van der Waals surface area contributed by atoms with Crippen molar-refractivity contribution in [3.63, 3.8) is 0 Å². The van der Waals surface area contributed by atoms with Crippen LogP contribution >= 0.6 is 11.3 Å². The molecule has 5 rings (SSSR count). The fraction of sp³-hybridized carbons (Fsp3) is 0.310. The van der Waals surface area contributed by atoms with Crippen LogP contribution in [0, 0.1) is 0 Å². The first-order valence-electron chi connectivity index (χ1n) is 12.9. The van der Waals surface area contributed by atoms with Gasteiger partial charge in [0.25, 0.3) is 5.56 Å². The van der Waals surface area contributed by atoms with Gasteiger partial charge >= 0.3 is 0 Å². The molecule has 3 aromatic heterocycles. The molecule has 1 unspecified atom stereocenters. The Hall–Kier alpha value is -4.02. The Bertz CT molecular complexity index is 1570. The minimum Gasteiger partial charge on any atom is -0.493 e. The average Bonchev–Trinajstić information content (AvgIpc) is 3.65. The maximum absolute atomic E-state index is 13.3. The molecule has 0 radical (unpaired) electrons. The second kappa shape index (κ2) is 12.2. The van der Waals surface area contributed by atoms with E-state index < -0.39 is 0 Å². The number of aryl methyl sites for hydroxylation is 2. The molecule has 10 heteroatoms. The van der Waals surface area contributed by atoms with Crippen molar-refractivity contribution in [2.24, 2.45) is 0 Å². The molecule has 0 fully saturated rings. The molecule has 1 atom stereocenters.